The van der Waals surface area contributed by atoms with Gasteiger partial charge in [0.2, 0.25) is 17.7 Å². The summed E-state index contributed by atoms with van der Waals surface area (Å²) in [4.78, 5) is 34.9. The van der Waals surface area contributed by atoms with Gasteiger partial charge in [-0.2, -0.15) is 0 Å². The maximum absolute atomic E-state index is 11.7. The number of hydrogen-bond donors (Lipinski definition) is 4. The molecule has 0 spiro atoms. The van der Waals surface area contributed by atoms with Gasteiger partial charge in [0.05, 0.1) is 12.6 Å². The largest absolute Gasteiger partial charge is 0.354 e. The number of benzene rings is 1. The van der Waals surface area contributed by atoms with Crippen molar-refractivity contribution in [2.75, 3.05) is 18.4 Å². The molecule has 5 N–H and O–H groups in total. The van der Waals surface area contributed by atoms with Crippen LogP contribution in [-0.2, 0) is 14.4 Å². The van der Waals surface area contributed by atoms with Crippen LogP contribution < -0.4 is 21.7 Å². The van der Waals surface area contributed by atoms with Crippen LogP contribution in [0.3, 0.4) is 0 Å². The Balaban J connectivity index is 2.19. The zero-order chi connectivity index (χ0) is 17.2. The maximum atomic E-state index is 11.7. The van der Waals surface area contributed by atoms with Gasteiger partial charge >= 0.3 is 0 Å². The summed E-state index contributed by atoms with van der Waals surface area (Å²) in [5.74, 6) is -0.916. The second-order valence-corrected chi connectivity index (χ2v) is 5.50. The number of nitrogens with one attached hydrogen (secondary N) is 3. The number of hydrogen-bond acceptors (Lipinski definition) is 4. The number of rotatable bonds is 8. The molecule has 0 saturated heterocycles. The lowest BCUT2D eigenvalue weighted by molar-refractivity contribution is -0.127. The van der Waals surface area contributed by atoms with Gasteiger partial charge in [-0.25, -0.2) is 0 Å². The first-order valence-corrected chi connectivity index (χ1v) is 7.55. The number of carbonyl (C=O) groups excluding carboxylic acids is 3. The standard InChI is InChI=1S/C16H24N4O3/c1-11(2)15(17)16(23)19-10-14(22)18-9-8-13(21)20-12-6-4-3-5-7-12/h3-7,11,15H,8-10,17H2,1-2H3,(H,18,22)(H,19,23)(H,20,21)/t15-/m0/s1. The summed E-state index contributed by atoms with van der Waals surface area (Å²) in [5, 5.41) is 7.75. The second-order valence-electron chi connectivity index (χ2n) is 5.50. The Morgan fingerprint density at radius 2 is 1.70 bits per heavy atom. The normalized spacial score (nSPS) is 11.7. The molecule has 1 atom stereocenters. The molecular weight excluding hydrogens is 296 g/mol. The second kappa shape index (κ2) is 9.58. The molecule has 0 fully saturated rings. The molecular formula is C16H24N4O3. The van der Waals surface area contributed by atoms with Crippen molar-refractivity contribution < 1.29 is 14.4 Å². The van der Waals surface area contributed by atoms with Crippen molar-refractivity contribution in [3.05, 3.63) is 30.3 Å². The first kappa shape index (κ1) is 18.6. The maximum Gasteiger partial charge on any atom is 0.239 e. The molecule has 0 saturated carbocycles. The van der Waals surface area contributed by atoms with Gasteiger partial charge in [0.1, 0.15) is 0 Å². The van der Waals surface area contributed by atoms with Crippen LogP contribution >= 0.6 is 0 Å². The molecule has 0 aliphatic rings. The van der Waals surface area contributed by atoms with Gasteiger partial charge in [-0.3, -0.25) is 14.4 Å². The third-order valence-electron chi connectivity index (χ3n) is 3.18. The molecule has 1 aromatic carbocycles. The molecule has 1 rings (SSSR count). The van der Waals surface area contributed by atoms with Crippen LogP contribution in [0.15, 0.2) is 30.3 Å². The first-order chi connectivity index (χ1) is 10.9. The zero-order valence-electron chi connectivity index (χ0n) is 13.5. The summed E-state index contributed by atoms with van der Waals surface area (Å²) < 4.78 is 0. The van der Waals surface area contributed by atoms with Gasteiger partial charge < -0.3 is 21.7 Å². The lowest BCUT2D eigenvalue weighted by Crippen LogP contribution is -2.47. The van der Waals surface area contributed by atoms with Crippen molar-refractivity contribution in [3.63, 3.8) is 0 Å². The molecule has 126 valence electrons. The van der Waals surface area contributed by atoms with Gasteiger partial charge in [-0.15, -0.1) is 0 Å². The monoisotopic (exact) mass is 320 g/mol. The molecule has 0 unspecified atom stereocenters. The van der Waals surface area contributed by atoms with Crippen molar-refractivity contribution in [1.82, 2.24) is 10.6 Å². The van der Waals surface area contributed by atoms with Crippen LogP contribution in [0.5, 0.6) is 0 Å². The fourth-order valence-electron chi connectivity index (χ4n) is 1.71. The number of carbonyl (C=O) groups is 3. The van der Waals surface area contributed by atoms with Crippen molar-refractivity contribution in [2.24, 2.45) is 11.7 Å². The highest BCUT2D eigenvalue weighted by Gasteiger charge is 2.17. The lowest BCUT2D eigenvalue weighted by Gasteiger charge is -2.15. The van der Waals surface area contributed by atoms with Gasteiger partial charge in [0.25, 0.3) is 0 Å². The van der Waals surface area contributed by atoms with Gasteiger partial charge in [0, 0.05) is 18.7 Å². The van der Waals surface area contributed by atoms with Crippen LogP contribution in [0.4, 0.5) is 5.69 Å². The molecule has 0 aliphatic carbocycles. The van der Waals surface area contributed by atoms with E-state index in [1.807, 2.05) is 32.0 Å². The van der Waals surface area contributed by atoms with Gasteiger partial charge in [-0.05, 0) is 18.1 Å². The molecule has 1 aromatic rings. The van der Waals surface area contributed by atoms with E-state index in [-0.39, 0.29) is 43.1 Å². The number of nitrogens with two attached hydrogens (primary N) is 1. The Bertz CT molecular complexity index is 531. The number of anilines is 1. The highest BCUT2D eigenvalue weighted by atomic mass is 16.2. The van der Waals surface area contributed by atoms with Crippen LogP contribution in [0.25, 0.3) is 0 Å². The van der Waals surface area contributed by atoms with Crippen molar-refractivity contribution >= 4 is 23.4 Å². The summed E-state index contributed by atoms with van der Waals surface area (Å²) in [6.07, 6.45) is 0.153. The third kappa shape index (κ3) is 7.42. The van der Waals surface area contributed by atoms with Crippen LogP contribution in [-0.4, -0.2) is 36.9 Å². The van der Waals surface area contributed by atoms with E-state index in [9.17, 15) is 14.4 Å². The van der Waals surface area contributed by atoms with E-state index in [0.717, 1.165) is 0 Å². The van der Waals surface area contributed by atoms with Crippen LogP contribution in [0, 0.1) is 5.92 Å². The Hall–Kier alpha value is -2.41. The summed E-state index contributed by atoms with van der Waals surface area (Å²) in [7, 11) is 0. The van der Waals surface area contributed by atoms with E-state index >= 15 is 0 Å². The molecule has 0 bridgehead atoms. The molecule has 0 heterocycles. The fourth-order valence-corrected chi connectivity index (χ4v) is 1.71. The third-order valence-corrected chi connectivity index (χ3v) is 3.18. The van der Waals surface area contributed by atoms with Crippen molar-refractivity contribution in [3.8, 4) is 0 Å². The Morgan fingerprint density at radius 1 is 1.04 bits per heavy atom. The molecule has 23 heavy (non-hydrogen) atoms. The van der Waals surface area contributed by atoms with Gasteiger partial charge in [0.15, 0.2) is 0 Å². The molecule has 0 aromatic heterocycles. The predicted octanol–water partition coefficient (Wildman–Crippen LogP) is 0.231. The molecule has 7 heteroatoms. The summed E-state index contributed by atoms with van der Waals surface area (Å²) in [6.45, 7) is 3.70. The van der Waals surface area contributed by atoms with Crippen molar-refractivity contribution in [2.45, 2.75) is 26.3 Å². The summed E-state index contributed by atoms with van der Waals surface area (Å²) in [6, 6.07) is 8.42. The summed E-state index contributed by atoms with van der Waals surface area (Å²) >= 11 is 0. The predicted molar refractivity (Wildman–Crippen MR) is 88.5 cm³/mol. The Morgan fingerprint density at radius 3 is 2.30 bits per heavy atom. The average molecular weight is 320 g/mol. The Kier molecular flexibility index (Phi) is 7.76. The molecule has 7 nitrogen and oxygen atoms in total. The zero-order valence-corrected chi connectivity index (χ0v) is 13.5. The van der Waals surface area contributed by atoms with E-state index < -0.39 is 6.04 Å². The van der Waals surface area contributed by atoms with Crippen LogP contribution in [0.1, 0.15) is 20.3 Å². The lowest BCUT2D eigenvalue weighted by atomic mass is 10.1. The molecule has 0 aliphatic heterocycles. The van der Waals surface area contributed by atoms with Crippen molar-refractivity contribution in [1.29, 1.82) is 0 Å². The molecule has 0 radical (unpaired) electrons. The Labute approximate surface area is 136 Å². The number of amides is 3. The number of para-hydroxylation sites is 1. The smallest absolute Gasteiger partial charge is 0.239 e. The quantitative estimate of drug-likeness (QED) is 0.549. The van der Waals surface area contributed by atoms with E-state index in [4.69, 9.17) is 5.73 Å². The van der Waals surface area contributed by atoms with Crippen LogP contribution in [0.2, 0.25) is 0 Å². The average Bonchev–Trinajstić information content (AvgIpc) is 2.52. The van der Waals surface area contributed by atoms with Gasteiger partial charge in [-0.1, -0.05) is 32.0 Å². The summed E-state index contributed by atoms with van der Waals surface area (Å²) in [5.41, 5.74) is 6.37. The van der Waals surface area contributed by atoms with E-state index in [1.165, 1.54) is 0 Å². The SMILES string of the molecule is CC(C)[C@H](N)C(=O)NCC(=O)NCCC(=O)Nc1ccccc1. The van der Waals surface area contributed by atoms with E-state index in [0.29, 0.717) is 5.69 Å². The minimum atomic E-state index is -0.639. The van der Waals surface area contributed by atoms with E-state index in [1.54, 1.807) is 12.1 Å². The fraction of sp³-hybridized carbons (Fsp3) is 0.438. The van der Waals surface area contributed by atoms with E-state index in [2.05, 4.69) is 16.0 Å². The topological polar surface area (TPSA) is 113 Å². The highest BCUT2D eigenvalue weighted by Crippen LogP contribution is 2.04. The highest BCUT2D eigenvalue weighted by molar-refractivity contribution is 5.91. The first-order valence-electron chi connectivity index (χ1n) is 7.55. The molecule has 3 amide bonds. The minimum absolute atomic E-state index is 0.000237. The minimum Gasteiger partial charge on any atom is -0.354 e.